The van der Waals surface area contributed by atoms with Crippen LogP contribution in [0.5, 0.6) is 0 Å². The Balaban J connectivity index is 1.39. The summed E-state index contributed by atoms with van der Waals surface area (Å²) in [5.41, 5.74) is 1.39. The maximum Gasteiger partial charge on any atom is 0.255 e. The minimum Gasteiger partial charge on any atom is -0.348 e. The maximum atomic E-state index is 12.8. The van der Waals surface area contributed by atoms with Crippen molar-refractivity contribution in [3.63, 3.8) is 0 Å². The van der Waals surface area contributed by atoms with E-state index in [-0.39, 0.29) is 17.9 Å². The number of carbonyl (C=O) groups is 2. The van der Waals surface area contributed by atoms with E-state index in [1.54, 1.807) is 11.3 Å². The van der Waals surface area contributed by atoms with Gasteiger partial charge in [-0.05, 0) is 50.3 Å². The minimum atomic E-state index is -0.0305. The van der Waals surface area contributed by atoms with E-state index >= 15 is 0 Å². The summed E-state index contributed by atoms with van der Waals surface area (Å²) in [5.74, 6) is 0.0700. The molecule has 26 heavy (non-hydrogen) atoms. The molecule has 1 aromatic carbocycles. The van der Waals surface area contributed by atoms with Gasteiger partial charge in [0.2, 0.25) is 0 Å². The second kappa shape index (κ2) is 6.35. The Labute approximate surface area is 156 Å². The van der Waals surface area contributed by atoms with Crippen molar-refractivity contribution >= 4 is 33.2 Å². The Morgan fingerprint density at radius 2 is 2.04 bits per heavy atom. The summed E-state index contributed by atoms with van der Waals surface area (Å²) in [6.07, 6.45) is 5.56. The van der Waals surface area contributed by atoms with Gasteiger partial charge in [-0.15, -0.1) is 11.3 Å². The number of fused-ring (bicyclic) bond motifs is 3. The average molecular weight is 369 g/mol. The molecule has 2 amide bonds. The van der Waals surface area contributed by atoms with Gasteiger partial charge < -0.3 is 15.5 Å². The summed E-state index contributed by atoms with van der Waals surface area (Å²) in [7, 11) is 0. The summed E-state index contributed by atoms with van der Waals surface area (Å²) in [4.78, 5) is 27.5. The zero-order valence-corrected chi connectivity index (χ0v) is 15.5. The third-order valence-electron chi connectivity index (χ3n) is 6.08. The first-order valence-electron chi connectivity index (χ1n) is 9.56. The second-order valence-corrected chi connectivity index (χ2v) is 8.63. The zero-order valence-electron chi connectivity index (χ0n) is 14.7. The highest BCUT2D eigenvalue weighted by molar-refractivity contribution is 7.17. The lowest BCUT2D eigenvalue weighted by molar-refractivity contribution is 0.0794. The highest BCUT2D eigenvalue weighted by atomic mass is 32.1. The molecule has 136 valence electrons. The van der Waals surface area contributed by atoms with Crippen LogP contribution < -0.4 is 10.6 Å². The summed E-state index contributed by atoms with van der Waals surface area (Å²) in [5, 5.41) is 9.59. The largest absolute Gasteiger partial charge is 0.348 e. The van der Waals surface area contributed by atoms with Crippen LogP contribution in [-0.2, 0) is 0 Å². The third kappa shape index (κ3) is 2.72. The fourth-order valence-electron chi connectivity index (χ4n) is 4.66. The van der Waals surface area contributed by atoms with Crippen LogP contribution >= 0.6 is 11.3 Å². The first kappa shape index (κ1) is 16.3. The summed E-state index contributed by atoms with van der Waals surface area (Å²) < 4.78 is 1.06. The molecule has 3 fully saturated rings. The van der Waals surface area contributed by atoms with E-state index in [9.17, 15) is 9.59 Å². The van der Waals surface area contributed by atoms with Crippen LogP contribution in [0.25, 0.3) is 10.1 Å². The number of amides is 2. The van der Waals surface area contributed by atoms with Gasteiger partial charge in [-0.25, -0.2) is 0 Å². The van der Waals surface area contributed by atoms with E-state index in [1.165, 1.54) is 6.42 Å². The summed E-state index contributed by atoms with van der Waals surface area (Å²) in [6, 6.07) is 6.94. The molecule has 2 bridgehead atoms. The van der Waals surface area contributed by atoms with Gasteiger partial charge in [0.15, 0.2) is 0 Å². The number of likely N-dealkylation sites (tertiary alicyclic amines) is 1. The first-order valence-corrected chi connectivity index (χ1v) is 10.4. The molecule has 2 N–H and O–H groups in total. The van der Waals surface area contributed by atoms with Crippen LogP contribution in [0.4, 0.5) is 0 Å². The lowest BCUT2D eigenvalue weighted by atomic mass is 9.95. The van der Waals surface area contributed by atoms with Gasteiger partial charge in [-0.2, -0.15) is 0 Å². The molecule has 0 spiro atoms. The minimum absolute atomic E-state index is 0.0305. The van der Waals surface area contributed by atoms with Gasteiger partial charge >= 0.3 is 0 Å². The van der Waals surface area contributed by atoms with Crippen molar-refractivity contribution in [3.8, 4) is 0 Å². The number of rotatable bonds is 3. The zero-order chi connectivity index (χ0) is 17.7. The van der Waals surface area contributed by atoms with Crippen LogP contribution in [0.3, 0.4) is 0 Å². The normalized spacial score (nSPS) is 27.4. The van der Waals surface area contributed by atoms with Gasteiger partial charge in [0, 0.05) is 52.2 Å². The van der Waals surface area contributed by atoms with Crippen molar-refractivity contribution in [2.75, 3.05) is 13.1 Å². The number of carbonyl (C=O) groups excluding carboxylic acids is 2. The van der Waals surface area contributed by atoms with Crippen LogP contribution in [0.15, 0.2) is 23.6 Å². The number of benzene rings is 1. The molecular formula is C20H23N3O2S. The molecule has 3 aliphatic rings. The Bertz CT molecular complexity index is 871. The lowest BCUT2D eigenvalue weighted by Crippen LogP contribution is -2.42. The van der Waals surface area contributed by atoms with Crippen LogP contribution in [-0.4, -0.2) is 47.9 Å². The Morgan fingerprint density at radius 3 is 2.77 bits per heavy atom. The van der Waals surface area contributed by atoms with E-state index < -0.39 is 0 Å². The van der Waals surface area contributed by atoms with Gasteiger partial charge in [0.25, 0.3) is 11.8 Å². The fraction of sp³-hybridized carbons (Fsp3) is 0.500. The molecule has 2 aromatic rings. The topological polar surface area (TPSA) is 61.4 Å². The fourth-order valence-corrected chi connectivity index (χ4v) is 5.58. The Kier molecular flexibility index (Phi) is 3.98. The van der Waals surface area contributed by atoms with Gasteiger partial charge in [-0.1, -0.05) is 0 Å². The van der Waals surface area contributed by atoms with Crippen LogP contribution in [0.1, 0.15) is 52.8 Å². The molecule has 3 atom stereocenters. The molecule has 0 aliphatic carbocycles. The molecule has 6 heteroatoms. The predicted octanol–water partition coefficient (Wildman–Crippen LogP) is 2.76. The standard InChI is InChI=1S/C20H23N3O2S/c24-19(22-17-10-13-4-5-16(17)21-13)12-3-6-18-14(9-12)15(11-26-18)20(25)23-7-1-2-8-23/h3,6,9,11,13,16-17,21H,1-2,4-5,7-8,10H2,(H,22,24)/t13-,16+,17-/m1/s1. The number of nitrogens with zero attached hydrogens (tertiary/aromatic N) is 1. The molecule has 4 heterocycles. The first-order chi connectivity index (χ1) is 12.7. The second-order valence-electron chi connectivity index (χ2n) is 7.72. The molecule has 0 saturated carbocycles. The Morgan fingerprint density at radius 1 is 1.19 bits per heavy atom. The van der Waals surface area contributed by atoms with E-state index in [0.29, 0.717) is 17.6 Å². The molecule has 3 aliphatic heterocycles. The molecule has 1 aromatic heterocycles. The highest BCUT2D eigenvalue weighted by Gasteiger charge is 2.39. The molecule has 5 rings (SSSR count). The van der Waals surface area contributed by atoms with Crippen molar-refractivity contribution in [3.05, 3.63) is 34.7 Å². The molecule has 5 nitrogen and oxygen atoms in total. The quantitative estimate of drug-likeness (QED) is 0.875. The predicted molar refractivity (Wildman–Crippen MR) is 103 cm³/mol. The smallest absolute Gasteiger partial charge is 0.255 e. The number of nitrogens with one attached hydrogen (secondary N) is 2. The van der Waals surface area contributed by atoms with Gasteiger partial charge in [0.1, 0.15) is 0 Å². The van der Waals surface area contributed by atoms with Crippen molar-refractivity contribution < 1.29 is 9.59 Å². The average Bonchev–Trinajstić information content (AvgIpc) is 3.44. The van der Waals surface area contributed by atoms with Crippen molar-refractivity contribution in [1.29, 1.82) is 0 Å². The highest BCUT2D eigenvalue weighted by Crippen LogP contribution is 2.30. The number of hydrogen-bond donors (Lipinski definition) is 2. The van der Waals surface area contributed by atoms with Crippen LogP contribution in [0, 0.1) is 0 Å². The van der Waals surface area contributed by atoms with E-state index in [2.05, 4.69) is 10.6 Å². The Hall–Kier alpha value is -1.92. The maximum absolute atomic E-state index is 12.8. The van der Waals surface area contributed by atoms with Crippen molar-refractivity contribution in [1.82, 2.24) is 15.5 Å². The number of thiophene rings is 1. The number of hydrogen-bond acceptors (Lipinski definition) is 4. The van der Waals surface area contributed by atoms with E-state index in [0.717, 1.165) is 54.4 Å². The molecule has 0 unspecified atom stereocenters. The van der Waals surface area contributed by atoms with Gasteiger partial charge in [0.05, 0.1) is 5.56 Å². The monoisotopic (exact) mass is 369 g/mol. The SMILES string of the molecule is O=C(N[C@@H]1C[C@H]2CC[C@@H]1N2)c1ccc2scc(C(=O)N3CCCC3)c2c1. The summed E-state index contributed by atoms with van der Waals surface area (Å²) >= 11 is 1.57. The lowest BCUT2D eigenvalue weighted by Gasteiger charge is -2.21. The summed E-state index contributed by atoms with van der Waals surface area (Å²) in [6.45, 7) is 1.68. The molecule has 3 saturated heterocycles. The molecular weight excluding hydrogens is 346 g/mol. The van der Waals surface area contributed by atoms with E-state index in [1.807, 2.05) is 28.5 Å². The van der Waals surface area contributed by atoms with Crippen molar-refractivity contribution in [2.24, 2.45) is 0 Å². The van der Waals surface area contributed by atoms with Gasteiger partial charge in [-0.3, -0.25) is 9.59 Å². The third-order valence-corrected chi connectivity index (χ3v) is 7.04. The molecule has 0 radical (unpaired) electrons. The van der Waals surface area contributed by atoms with E-state index in [4.69, 9.17) is 0 Å². The van der Waals surface area contributed by atoms with Crippen molar-refractivity contribution in [2.45, 2.75) is 50.2 Å². The van der Waals surface area contributed by atoms with Crippen LogP contribution in [0.2, 0.25) is 0 Å².